The van der Waals surface area contributed by atoms with E-state index in [9.17, 15) is 21.6 Å². The standard InChI is InChI=1S/C13H18F3N3O2S.2ClH/c14-10-8-11(15)13(12(16)9-10)22(20,21)18-2-1-5-19-6-3-17-4-7-19;;/h8-9,17-18H,1-7H2;2*1H. The average molecular weight is 410 g/mol. The minimum atomic E-state index is -4.34. The first-order chi connectivity index (χ1) is 10.4. The van der Waals surface area contributed by atoms with Gasteiger partial charge in [-0.1, -0.05) is 0 Å². The molecule has 1 heterocycles. The molecule has 0 aliphatic carbocycles. The molecule has 1 aliphatic heterocycles. The first kappa shape index (κ1) is 23.4. The normalized spacial score (nSPS) is 15.5. The Bertz CT molecular complexity index is 606. The van der Waals surface area contributed by atoms with E-state index in [2.05, 4.69) is 14.9 Å². The second kappa shape index (κ2) is 10.4. The fraction of sp³-hybridized carbons (Fsp3) is 0.538. The van der Waals surface area contributed by atoms with E-state index in [-0.39, 0.29) is 31.4 Å². The highest BCUT2D eigenvalue weighted by molar-refractivity contribution is 7.89. The highest BCUT2D eigenvalue weighted by Gasteiger charge is 2.24. The summed E-state index contributed by atoms with van der Waals surface area (Å²) in [6.07, 6.45) is 0.518. The van der Waals surface area contributed by atoms with E-state index >= 15 is 0 Å². The summed E-state index contributed by atoms with van der Waals surface area (Å²) in [6.45, 7) is 4.29. The number of piperazine rings is 1. The third kappa shape index (κ3) is 6.38. The fourth-order valence-electron chi connectivity index (χ4n) is 2.30. The molecule has 1 aliphatic rings. The smallest absolute Gasteiger partial charge is 0.246 e. The quantitative estimate of drug-likeness (QED) is 0.699. The van der Waals surface area contributed by atoms with Crippen molar-refractivity contribution >= 4 is 34.8 Å². The van der Waals surface area contributed by atoms with E-state index in [1.54, 1.807) is 0 Å². The Morgan fingerprint density at radius 2 is 1.62 bits per heavy atom. The Morgan fingerprint density at radius 1 is 1.08 bits per heavy atom. The number of rotatable bonds is 6. The fourth-order valence-corrected chi connectivity index (χ4v) is 3.49. The summed E-state index contributed by atoms with van der Waals surface area (Å²) in [4.78, 5) is 1.03. The maximum absolute atomic E-state index is 13.5. The van der Waals surface area contributed by atoms with Crippen LogP contribution in [0.4, 0.5) is 13.2 Å². The SMILES string of the molecule is Cl.Cl.O=S(=O)(NCCCN1CCNCC1)c1c(F)cc(F)cc1F. The van der Waals surface area contributed by atoms with Crippen LogP contribution in [0.5, 0.6) is 0 Å². The van der Waals surface area contributed by atoms with Gasteiger partial charge in [-0.2, -0.15) is 0 Å². The molecule has 1 saturated heterocycles. The van der Waals surface area contributed by atoms with Crippen molar-refractivity contribution in [3.05, 3.63) is 29.6 Å². The molecule has 1 fully saturated rings. The molecule has 2 rings (SSSR count). The summed E-state index contributed by atoms with van der Waals surface area (Å²) in [5.41, 5.74) is 0. The number of sulfonamides is 1. The van der Waals surface area contributed by atoms with Crippen LogP contribution >= 0.6 is 24.8 Å². The first-order valence-electron chi connectivity index (χ1n) is 6.97. The largest absolute Gasteiger partial charge is 0.314 e. The number of hydrogen-bond donors (Lipinski definition) is 2. The van der Waals surface area contributed by atoms with E-state index in [0.717, 1.165) is 26.2 Å². The molecule has 0 bridgehead atoms. The highest BCUT2D eigenvalue weighted by atomic mass is 35.5. The molecule has 0 amide bonds. The van der Waals surface area contributed by atoms with E-state index in [4.69, 9.17) is 0 Å². The predicted octanol–water partition coefficient (Wildman–Crippen LogP) is 1.52. The predicted molar refractivity (Wildman–Crippen MR) is 89.9 cm³/mol. The van der Waals surface area contributed by atoms with Gasteiger partial charge in [0.1, 0.15) is 17.5 Å². The molecule has 11 heteroatoms. The van der Waals surface area contributed by atoms with Crippen molar-refractivity contribution in [3.8, 4) is 0 Å². The van der Waals surface area contributed by atoms with Crippen LogP contribution in [0.2, 0.25) is 0 Å². The Balaban J connectivity index is 0.00000264. The number of benzene rings is 1. The van der Waals surface area contributed by atoms with Gasteiger partial charge in [-0.15, -0.1) is 24.8 Å². The maximum atomic E-state index is 13.5. The Labute approximate surface area is 151 Å². The lowest BCUT2D eigenvalue weighted by Crippen LogP contribution is -2.44. The molecule has 2 N–H and O–H groups in total. The first-order valence-corrected chi connectivity index (χ1v) is 8.46. The monoisotopic (exact) mass is 409 g/mol. The average Bonchev–Trinajstić information content (AvgIpc) is 2.43. The second-order valence-corrected chi connectivity index (χ2v) is 6.75. The van der Waals surface area contributed by atoms with Crippen molar-refractivity contribution in [1.29, 1.82) is 0 Å². The van der Waals surface area contributed by atoms with Crippen LogP contribution < -0.4 is 10.0 Å². The van der Waals surface area contributed by atoms with Crippen LogP contribution in [0.3, 0.4) is 0 Å². The van der Waals surface area contributed by atoms with Crippen molar-refractivity contribution in [2.24, 2.45) is 0 Å². The van der Waals surface area contributed by atoms with Gasteiger partial charge in [0, 0.05) is 44.9 Å². The van der Waals surface area contributed by atoms with Crippen molar-refractivity contribution in [3.63, 3.8) is 0 Å². The van der Waals surface area contributed by atoms with Gasteiger partial charge < -0.3 is 10.2 Å². The molecular formula is C13H20Cl2F3N3O2S. The van der Waals surface area contributed by atoms with Gasteiger partial charge in [-0.05, 0) is 13.0 Å². The molecule has 0 atom stereocenters. The third-order valence-corrected chi connectivity index (χ3v) is 4.90. The molecule has 0 aromatic heterocycles. The van der Waals surface area contributed by atoms with Gasteiger partial charge in [0.15, 0.2) is 4.90 Å². The number of nitrogens with zero attached hydrogens (tertiary/aromatic N) is 1. The molecule has 0 spiro atoms. The van der Waals surface area contributed by atoms with E-state index in [1.807, 2.05) is 0 Å². The Morgan fingerprint density at radius 3 is 2.17 bits per heavy atom. The summed E-state index contributed by atoms with van der Waals surface area (Å²) < 4.78 is 65.7. The van der Waals surface area contributed by atoms with Gasteiger partial charge in [-0.25, -0.2) is 26.3 Å². The summed E-state index contributed by atoms with van der Waals surface area (Å²) in [5.74, 6) is -4.04. The lowest BCUT2D eigenvalue weighted by atomic mass is 10.3. The zero-order valence-electron chi connectivity index (χ0n) is 12.7. The van der Waals surface area contributed by atoms with E-state index in [1.165, 1.54) is 0 Å². The molecule has 24 heavy (non-hydrogen) atoms. The van der Waals surface area contributed by atoms with Gasteiger partial charge in [0.05, 0.1) is 0 Å². The minimum Gasteiger partial charge on any atom is -0.314 e. The van der Waals surface area contributed by atoms with Gasteiger partial charge in [0.25, 0.3) is 0 Å². The maximum Gasteiger partial charge on any atom is 0.246 e. The van der Waals surface area contributed by atoms with Crippen LogP contribution in [0.15, 0.2) is 17.0 Å². The molecule has 1 aromatic rings. The summed E-state index contributed by atoms with van der Waals surface area (Å²) in [7, 11) is -4.34. The lowest BCUT2D eigenvalue weighted by Gasteiger charge is -2.27. The van der Waals surface area contributed by atoms with Crippen LogP contribution in [0.25, 0.3) is 0 Å². The zero-order valence-corrected chi connectivity index (χ0v) is 15.2. The van der Waals surface area contributed by atoms with Crippen molar-refractivity contribution in [2.45, 2.75) is 11.3 Å². The van der Waals surface area contributed by atoms with Crippen molar-refractivity contribution in [2.75, 3.05) is 39.3 Å². The minimum absolute atomic E-state index is 0. The van der Waals surface area contributed by atoms with Crippen LogP contribution in [0.1, 0.15) is 6.42 Å². The van der Waals surface area contributed by atoms with E-state index in [0.29, 0.717) is 25.1 Å². The Hall–Kier alpha value is -0.580. The van der Waals surface area contributed by atoms with Crippen molar-refractivity contribution in [1.82, 2.24) is 14.9 Å². The number of nitrogens with one attached hydrogen (secondary N) is 2. The topological polar surface area (TPSA) is 61.4 Å². The van der Waals surface area contributed by atoms with Crippen LogP contribution in [0, 0.1) is 17.5 Å². The van der Waals surface area contributed by atoms with Crippen LogP contribution in [-0.2, 0) is 10.0 Å². The lowest BCUT2D eigenvalue weighted by molar-refractivity contribution is 0.239. The summed E-state index contributed by atoms with van der Waals surface area (Å²) >= 11 is 0. The molecule has 140 valence electrons. The Kier molecular flexibility index (Phi) is 10.2. The zero-order chi connectivity index (χ0) is 16.2. The summed E-state index contributed by atoms with van der Waals surface area (Å²) in [6, 6.07) is 0.691. The van der Waals surface area contributed by atoms with Crippen molar-refractivity contribution < 1.29 is 21.6 Å². The highest BCUT2D eigenvalue weighted by Crippen LogP contribution is 2.19. The number of halogens is 5. The third-order valence-electron chi connectivity index (χ3n) is 3.38. The van der Waals surface area contributed by atoms with Gasteiger partial charge in [0.2, 0.25) is 10.0 Å². The molecule has 1 aromatic carbocycles. The second-order valence-electron chi connectivity index (χ2n) is 5.04. The van der Waals surface area contributed by atoms with Crippen LogP contribution in [-0.4, -0.2) is 52.6 Å². The number of hydrogen-bond acceptors (Lipinski definition) is 4. The van der Waals surface area contributed by atoms with Gasteiger partial charge >= 0.3 is 0 Å². The molecule has 0 saturated carbocycles. The van der Waals surface area contributed by atoms with E-state index < -0.39 is 32.4 Å². The summed E-state index contributed by atoms with van der Waals surface area (Å²) in [5, 5.41) is 3.20. The molecule has 5 nitrogen and oxygen atoms in total. The molecular weight excluding hydrogens is 390 g/mol. The molecule has 0 radical (unpaired) electrons. The molecule has 0 unspecified atom stereocenters. The van der Waals surface area contributed by atoms with Gasteiger partial charge in [-0.3, -0.25) is 0 Å².